The maximum absolute atomic E-state index is 12.4. The van der Waals surface area contributed by atoms with Crippen LogP contribution in [0, 0.1) is 6.92 Å². The Morgan fingerprint density at radius 1 is 1.33 bits per heavy atom. The largest absolute Gasteiger partial charge is 0.342 e. The first-order valence-corrected chi connectivity index (χ1v) is 6.58. The molecule has 1 aromatic rings. The lowest BCUT2D eigenvalue weighted by Gasteiger charge is -2.32. The lowest BCUT2D eigenvalue weighted by molar-refractivity contribution is -0.133. The SMILES string of the molecule is Cc1cccc(C(=O)N2CCN(C)C(=O)C2)c1Br. The first kappa shape index (κ1) is 13.1. The second kappa shape index (κ2) is 5.10. The van der Waals surface area contributed by atoms with Crippen LogP contribution in [0.1, 0.15) is 15.9 Å². The van der Waals surface area contributed by atoms with Gasteiger partial charge in [-0.05, 0) is 34.5 Å². The van der Waals surface area contributed by atoms with Crippen LogP contribution in [-0.2, 0) is 4.79 Å². The molecule has 0 aliphatic carbocycles. The molecule has 1 aliphatic heterocycles. The van der Waals surface area contributed by atoms with Gasteiger partial charge in [-0.3, -0.25) is 9.59 Å². The van der Waals surface area contributed by atoms with Gasteiger partial charge in [-0.15, -0.1) is 0 Å². The van der Waals surface area contributed by atoms with Crippen LogP contribution in [0.5, 0.6) is 0 Å². The maximum Gasteiger partial charge on any atom is 0.255 e. The third kappa shape index (κ3) is 2.41. The predicted molar refractivity (Wildman–Crippen MR) is 72.4 cm³/mol. The Hall–Kier alpha value is -1.36. The maximum atomic E-state index is 12.4. The normalized spacial score (nSPS) is 16.1. The number of hydrogen-bond acceptors (Lipinski definition) is 2. The molecule has 18 heavy (non-hydrogen) atoms. The van der Waals surface area contributed by atoms with Gasteiger partial charge in [0.2, 0.25) is 5.91 Å². The minimum absolute atomic E-state index is 0.0154. The van der Waals surface area contributed by atoms with E-state index in [4.69, 9.17) is 0 Å². The predicted octanol–water partition coefficient (Wildman–Crippen LogP) is 1.67. The van der Waals surface area contributed by atoms with E-state index in [-0.39, 0.29) is 18.4 Å². The summed E-state index contributed by atoms with van der Waals surface area (Å²) in [7, 11) is 1.76. The number of aryl methyl sites for hydroxylation is 1. The molecule has 1 aromatic carbocycles. The standard InChI is InChI=1S/C13H15BrN2O2/c1-9-4-3-5-10(12(9)14)13(18)16-7-6-15(2)11(17)8-16/h3-5H,6-8H2,1-2H3. The minimum atomic E-state index is -0.0907. The average molecular weight is 311 g/mol. The van der Waals surface area contributed by atoms with Gasteiger partial charge < -0.3 is 9.80 Å². The molecule has 0 aromatic heterocycles. The molecule has 0 atom stereocenters. The Morgan fingerprint density at radius 3 is 2.72 bits per heavy atom. The third-order valence-electron chi connectivity index (χ3n) is 3.17. The van der Waals surface area contributed by atoms with E-state index in [1.54, 1.807) is 22.9 Å². The zero-order valence-corrected chi connectivity index (χ0v) is 12.0. The summed E-state index contributed by atoms with van der Waals surface area (Å²) in [5.41, 5.74) is 1.63. The lowest BCUT2D eigenvalue weighted by atomic mass is 10.1. The molecule has 0 unspecified atom stereocenters. The summed E-state index contributed by atoms with van der Waals surface area (Å²) in [6.45, 7) is 3.28. The monoisotopic (exact) mass is 310 g/mol. The smallest absolute Gasteiger partial charge is 0.255 e. The molecule has 0 spiro atoms. The molecule has 2 rings (SSSR count). The van der Waals surface area contributed by atoms with E-state index in [1.165, 1.54) is 0 Å². The Balaban J connectivity index is 2.22. The summed E-state index contributed by atoms with van der Waals surface area (Å²) in [6.07, 6.45) is 0. The number of rotatable bonds is 1. The van der Waals surface area contributed by atoms with Crippen molar-refractivity contribution >= 4 is 27.7 Å². The van der Waals surface area contributed by atoms with Crippen LogP contribution in [0.2, 0.25) is 0 Å². The van der Waals surface area contributed by atoms with Crippen molar-refractivity contribution in [3.05, 3.63) is 33.8 Å². The number of carbonyl (C=O) groups is 2. The average Bonchev–Trinajstić information content (AvgIpc) is 2.35. The van der Waals surface area contributed by atoms with Gasteiger partial charge in [-0.25, -0.2) is 0 Å². The molecule has 0 saturated carbocycles. The van der Waals surface area contributed by atoms with Gasteiger partial charge in [0.25, 0.3) is 5.91 Å². The topological polar surface area (TPSA) is 40.6 Å². The van der Waals surface area contributed by atoms with Crippen LogP contribution >= 0.6 is 15.9 Å². The fourth-order valence-corrected chi connectivity index (χ4v) is 2.35. The molecule has 5 heteroatoms. The van der Waals surface area contributed by atoms with Crippen LogP contribution in [-0.4, -0.2) is 48.3 Å². The van der Waals surface area contributed by atoms with Crippen molar-refractivity contribution in [3.8, 4) is 0 Å². The number of likely N-dealkylation sites (N-methyl/N-ethyl adjacent to an activating group) is 1. The molecule has 1 aliphatic rings. The molecule has 1 fully saturated rings. The van der Waals surface area contributed by atoms with Gasteiger partial charge in [0.15, 0.2) is 0 Å². The first-order chi connectivity index (χ1) is 8.50. The van der Waals surface area contributed by atoms with Crippen molar-refractivity contribution in [1.29, 1.82) is 0 Å². The van der Waals surface area contributed by atoms with Crippen molar-refractivity contribution in [2.24, 2.45) is 0 Å². The molecule has 1 saturated heterocycles. The van der Waals surface area contributed by atoms with E-state index >= 15 is 0 Å². The summed E-state index contributed by atoms with van der Waals surface area (Å²) < 4.78 is 0.807. The van der Waals surface area contributed by atoms with Crippen LogP contribution < -0.4 is 0 Å². The first-order valence-electron chi connectivity index (χ1n) is 5.79. The Morgan fingerprint density at radius 2 is 2.06 bits per heavy atom. The van der Waals surface area contributed by atoms with E-state index in [0.29, 0.717) is 18.7 Å². The van der Waals surface area contributed by atoms with E-state index in [1.807, 2.05) is 19.1 Å². The second-order valence-corrected chi connectivity index (χ2v) is 5.27. The van der Waals surface area contributed by atoms with Gasteiger partial charge in [-0.1, -0.05) is 12.1 Å². The van der Waals surface area contributed by atoms with Crippen molar-refractivity contribution < 1.29 is 9.59 Å². The summed E-state index contributed by atoms with van der Waals surface area (Å²) in [5.74, 6) is -0.106. The van der Waals surface area contributed by atoms with Crippen molar-refractivity contribution in [3.63, 3.8) is 0 Å². The molecule has 4 nitrogen and oxygen atoms in total. The van der Waals surface area contributed by atoms with Crippen LogP contribution in [0.4, 0.5) is 0 Å². The van der Waals surface area contributed by atoms with Crippen LogP contribution in [0.15, 0.2) is 22.7 Å². The molecule has 1 heterocycles. The third-order valence-corrected chi connectivity index (χ3v) is 4.22. The van der Waals surface area contributed by atoms with Gasteiger partial charge in [0, 0.05) is 24.6 Å². The molecule has 0 bridgehead atoms. The molecular formula is C13H15BrN2O2. The molecule has 0 N–H and O–H groups in total. The van der Waals surface area contributed by atoms with Crippen molar-refractivity contribution in [2.75, 3.05) is 26.7 Å². The van der Waals surface area contributed by atoms with Crippen molar-refractivity contribution in [1.82, 2.24) is 9.80 Å². The summed E-state index contributed by atoms with van der Waals surface area (Å²) in [6, 6.07) is 5.57. The van der Waals surface area contributed by atoms with Gasteiger partial charge in [0.1, 0.15) is 6.54 Å². The van der Waals surface area contributed by atoms with E-state index in [2.05, 4.69) is 15.9 Å². The quantitative estimate of drug-likeness (QED) is 0.791. The minimum Gasteiger partial charge on any atom is -0.342 e. The van der Waals surface area contributed by atoms with Gasteiger partial charge in [-0.2, -0.15) is 0 Å². The zero-order chi connectivity index (χ0) is 13.3. The highest BCUT2D eigenvalue weighted by Gasteiger charge is 2.26. The number of hydrogen-bond donors (Lipinski definition) is 0. The number of nitrogens with zero attached hydrogens (tertiary/aromatic N) is 2. The zero-order valence-electron chi connectivity index (χ0n) is 10.4. The number of piperazine rings is 1. The van der Waals surface area contributed by atoms with E-state index < -0.39 is 0 Å². The van der Waals surface area contributed by atoms with Crippen LogP contribution in [0.25, 0.3) is 0 Å². The highest BCUT2D eigenvalue weighted by molar-refractivity contribution is 9.10. The van der Waals surface area contributed by atoms with Crippen LogP contribution in [0.3, 0.4) is 0 Å². The van der Waals surface area contributed by atoms with Gasteiger partial charge >= 0.3 is 0 Å². The Kier molecular flexibility index (Phi) is 3.71. The second-order valence-electron chi connectivity index (χ2n) is 4.48. The fraction of sp³-hybridized carbons (Fsp3) is 0.385. The number of carbonyl (C=O) groups excluding carboxylic acids is 2. The number of halogens is 1. The molecule has 96 valence electrons. The Labute approximate surface area is 115 Å². The van der Waals surface area contributed by atoms with Gasteiger partial charge in [0.05, 0.1) is 5.56 Å². The lowest BCUT2D eigenvalue weighted by Crippen LogP contribution is -2.50. The summed E-state index contributed by atoms with van der Waals surface area (Å²) >= 11 is 3.43. The number of amides is 2. The summed E-state index contributed by atoms with van der Waals surface area (Å²) in [4.78, 5) is 27.2. The molecule has 0 radical (unpaired) electrons. The van der Waals surface area contributed by atoms with E-state index in [9.17, 15) is 9.59 Å². The molecule has 2 amide bonds. The van der Waals surface area contributed by atoms with Crippen molar-refractivity contribution in [2.45, 2.75) is 6.92 Å². The highest BCUT2D eigenvalue weighted by Crippen LogP contribution is 2.22. The van der Waals surface area contributed by atoms with E-state index in [0.717, 1.165) is 10.0 Å². The Bertz CT molecular complexity index is 502. The fourth-order valence-electron chi connectivity index (χ4n) is 1.91. The molecular weight excluding hydrogens is 296 g/mol. The highest BCUT2D eigenvalue weighted by atomic mass is 79.9. The summed E-state index contributed by atoms with van der Waals surface area (Å²) in [5, 5.41) is 0. The number of benzene rings is 1.